The molecule has 0 aliphatic carbocycles. The summed E-state index contributed by atoms with van der Waals surface area (Å²) in [5.41, 5.74) is 1.31. The van der Waals surface area contributed by atoms with E-state index in [0.717, 1.165) is 9.87 Å². The first kappa shape index (κ1) is 15.9. The van der Waals surface area contributed by atoms with Crippen molar-refractivity contribution in [3.8, 4) is 0 Å². The number of alkyl halides is 1. The predicted octanol–water partition coefficient (Wildman–Crippen LogP) is 2.78. The normalized spacial score (nSPS) is 11.8. The number of sulfonamides is 1. The van der Waals surface area contributed by atoms with Crippen molar-refractivity contribution >= 4 is 21.6 Å². The first-order valence-electron chi connectivity index (χ1n) is 6.15. The van der Waals surface area contributed by atoms with Crippen LogP contribution in [0.5, 0.6) is 0 Å². The third-order valence-electron chi connectivity index (χ3n) is 2.92. The van der Waals surface area contributed by atoms with Crippen LogP contribution >= 0.6 is 11.6 Å². The highest BCUT2D eigenvalue weighted by Gasteiger charge is 2.22. The monoisotopic (exact) mass is 328 g/mol. The molecule has 0 fully saturated rings. The summed E-state index contributed by atoms with van der Waals surface area (Å²) < 4.78 is 39.0. The fourth-order valence-corrected chi connectivity index (χ4v) is 3.00. The molecule has 0 radical (unpaired) electrons. The summed E-state index contributed by atoms with van der Waals surface area (Å²) in [4.78, 5) is 3.91. The molecule has 1 heterocycles. The van der Waals surface area contributed by atoms with Gasteiger partial charge in [-0.1, -0.05) is 18.2 Å². The molecule has 0 saturated heterocycles. The summed E-state index contributed by atoms with van der Waals surface area (Å²) in [5.74, 6) is -0.130. The molecule has 0 saturated carbocycles. The van der Waals surface area contributed by atoms with Crippen molar-refractivity contribution in [1.29, 1.82) is 0 Å². The van der Waals surface area contributed by atoms with Gasteiger partial charge in [0.1, 0.15) is 5.82 Å². The van der Waals surface area contributed by atoms with Crippen LogP contribution in [0.15, 0.2) is 47.6 Å². The van der Waals surface area contributed by atoms with Crippen LogP contribution < -0.4 is 0 Å². The van der Waals surface area contributed by atoms with E-state index < -0.39 is 15.8 Å². The molecule has 7 heteroatoms. The Kier molecular flexibility index (Phi) is 4.92. The second-order valence-corrected chi connectivity index (χ2v) is 6.79. The van der Waals surface area contributed by atoms with E-state index >= 15 is 0 Å². The first-order valence-corrected chi connectivity index (χ1v) is 8.12. The topological polar surface area (TPSA) is 50.3 Å². The van der Waals surface area contributed by atoms with Gasteiger partial charge in [-0.05, 0) is 29.3 Å². The van der Waals surface area contributed by atoms with Crippen molar-refractivity contribution in [1.82, 2.24) is 9.29 Å². The highest BCUT2D eigenvalue weighted by atomic mass is 35.5. The summed E-state index contributed by atoms with van der Waals surface area (Å²) >= 11 is 5.64. The number of hydrogen-bond acceptors (Lipinski definition) is 3. The van der Waals surface area contributed by atoms with E-state index in [1.54, 1.807) is 18.2 Å². The van der Waals surface area contributed by atoms with Crippen LogP contribution in [0.4, 0.5) is 4.39 Å². The average Bonchev–Trinajstić information content (AvgIpc) is 2.47. The third-order valence-corrected chi connectivity index (χ3v) is 4.95. The van der Waals surface area contributed by atoms with Gasteiger partial charge in [0.15, 0.2) is 5.03 Å². The molecule has 0 aliphatic rings. The predicted molar refractivity (Wildman–Crippen MR) is 78.8 cm³/mol. The summed E-state index contributed by atoms with van der Waals surface area (Å²) in [6, 6.07) is 8.84. The maximum Gasteiger partial charge on any atom is 0.260 e. The number of rotatable bonds is 5. The van der Waals surface area contributed by atoms with Gasteiger partial charge in [0.2, 0.25) is 0 Å². The molecule has 2 rings (SSSR count). The van der Waals surface area contributed by atoms with Gasteiger partial charge in [-0.15, -0.1) is 11.6 Å². The minimum Gasteiger partial charge on any atom is -0.243 e. The third kappa shape index (κ3) is 3.78. The van der Waals surface area contributed by atoms with Gasteiger partial charge in [-0.3, -0.25) is 0 Å². The molecule has 1 aromatic heterocycles. The highest BCUT2D eigenvalue weighted by molar-refractivity contribution is 7.89. The molecule has 0 N–H and O–H groups in total. The van der Waals surface area contributed by atoms with Crippen molar-refractivity contribution in [3.05, 3.63) is 59.5 Å². The van der Waals surface area contributed by atoms with Gasteiger partial charge in [0.05, 0.1) is 0 Å². The van der Waals surface area contributed by atoms with Gasteiger partial charge in [0.25, 0.3) is 10.0 Å². The van der Waals surface area contributed by atoms with Gasteiger partial charge in [0, 0.05) is 25.7 Å². The molecule has 0 aliphatic heterocycles. The molecule has 4 nitrogen and oxygen atoms in total. The van der Waals surface area contributed by atoms with Crippen molar-refractivity contribution in [2.75, 3.05) is 7.05 Å². The van der Waals surface area contributed by atoms with Crippen LogP contribution in [-0.2, 0) is 22.4 Å². The lowest BCUT2D eigenvalue weighted by Gasteiger charge is -2.16. The number of halogens is 2. The zero-order valence-electron chi connectivity index (χ0n) is 11.3. The Hall–Kier alpha value is -1.50. The highest BCUT2D eigenvalue weighted by Crippen LogP contribution is 2.16. The average molecular weight is 329 g/mol. The maximum atomic E-state index is 13.1. The van der Waals surface area contributed by atoms with E-state index in [4.69, 9.17) is 11.6 Å². The molecule has 0 bridgehead atoms. The summed E-state index contributed by atoms with van der Waals surface area (Å²) in [6.45, 7) is 0.0685. The minimum absolute atomic E-state index is 0.0599. The van der Waals surface area contributed by atoms with Crippen molar-refractivity contribution in [3.63, 3.8) is 0 Å². The molecular formula is C14H14ClFN2O2S. The molecule has 21 heavy (non-hydrogen) atoms. The lowest BCUT2D eigenvalue weighted by molar-refractivity contribution is 0.462. The zero-order valence-corrected chi connectivity index (χ0v) is 12.9. The first-order chi connectivity index (χ1) is 9.93. The van der Waals surface area contributed by atoms with Crippen molar-refractivity contribution in [2.24, 2.45) is 0 Å². The van der Waals surface area contributed by atoms with E-state index in [1.807, 2.05) is 0 Å². The Balaban J connectivity index is 2.21. The molecule has 112 valence electrons. The molecular weight excluding hydrogens is 315 g/mol. The van der Waals surface area contributed by atoms with Gasteiger partial charge in [-0.2, -0.15) is 4.31 Å². The molecule has 0 unspecified atom stereocenters. The van der Waals surface area contributed by atoms with E-state index in [1.165, 1.54) is 31.4 Å². The SMILES string of the molecule is CN(Cc1cccc(F)c1)S(=O)(=O)c1ccc(CCl)cn1. The molecule has 2 aromatic rings. The Morgan fingerprint density at radius 1 is 1.24 bits per heavy atom. The Labute approximate surface area is 128 Å². The van der Waals surface area contributed by atoms with Crippen LogP contribution in [0.3, 0.4) is 0 Å². The Morgan fingerprint density at radius 3 is 2.57 bits per heavy atom. The van der Waals surface area contributed by atoms with Crippen molar-refractivity contribution < 1.29 is 12.8 Å². The summed E-state index contributed by atoms with van der Waals surface area (Å²) in [7, 11) is -2.29. The number of benzene rings is 1. The lowest BCUT2D eigenvalue weighted by atomic mass is 10.2. The van der Waals surface area contributed by atoms with Gasteiger partial charge in [-0.25, -0.2) is 17.8 Å². The van der Waals surface area contributed by atoms with Gasteiger partial charge < -0.3 is 0 Å². The second kappa shape index (κ2) is 6.51. The van der Waals surface area contributed by atoms with Crippen LogP contribution in [0.2, 0.25) is 0 Å². The van der Waals surface area contributed by atoms with Crippen LogP contribution in [0.1, 0.15) is 11.1 Å². The second-order valence-electron chi connectivity index (χ2n) is 4.53. The summed E-state index contributed by atoms with van der Waals surface area (Å²) in [6.07, 6.45) is 1.43. The lowest BCUT2D eigenvalue weighted by Crippen LogP contribution is -2.27. The smallest absolute Gasteiger partial charge is 0.243 e. The molecule has 1 aromatic carbocycles. The standard InChI is InChI=1S/C14H14ClFN2O2S/c1-18(10-11-3-2-4-13(16)7-11)21(19,20)14-6-5-12(8-15)9-17-14/h2-7,9H,8,10H2,1H3. The number of hydrogen-bond donors (Lipinski definition) is 0. The van der Waals surface area contributed by atoms with Gasteiger partial charge >= 0.3 is 0 Å². The quantitative estimate of drug-likeness (QED) is 0.793. The Bertz CT molecular complexity index is 720. The van der Waals surface area contributed by atoms with Crippen LogP contribution in [0.25, 0.3) is 0 Å². The molecule has 0 spiro atoms. The van der Waals surface area contributed by atoms with E-state index in [0.29, 0.717) is 5.56 Å². The van der Waals surface area contributed by atoms with E-state index in [-0.39, 0.29) is 17.5 Å². The number of pyridine rings is 1. The molecule has 0 amide bonds. The van der Waals surface area contributed by atoms with Crippen molar-refractivity contribution in [2.45, 2.75) is 17.5 Å². The largest absolute Gasteiger partial charge is 0.260 e. The zero-order chi connectivity index (χ0) is 15.5. The van der Waals surface area contributed by atoms with Crippen LogP contribution in [-0.4, -0.2) is 24.8 Å². The minimum atomic E-state index is -3.72. The fourth-order valence-electron chi connectivity index (χ4n) is 1.78. The van der Waals surface area contributed by atoms with Crippen LogP contribution in [0, 0.1) is 5.82 Å². The maximum absolute atomic E-state index is 13.1. The molecule has 0 atom stereocenters. The number of aromatic nitrogens is 1. The summed E-state index contributed by atoms with van der Waals surface area (Å²) in [5, 5.41) is -0.0599. The number of nitrogens with zero attached hydrogens (tertiary/aromatic N) is 2. The van der Waals surface area contributed by atoms with E-state index in [2.05, 4.69) is 4.98 Å². The van der Waals surface area contributed by atoms with E-state index in [9.17, 15) is 12.8 Å². The fraction of sp³-hybridized carbons (Fsp3) is 0.214. The Morgan fingerprint density at radius 2 is 2.00 bits per heavy atom.